The fraction of sp³-hybridized carbons (Fsp3) is 0.796. The number of hydrogen-bond donors (Lipinski definition) is 6. The van der Waals surface area contributed by atoms with Crippen molar-refractivity contribution in [2.75, 3.05) is 13.2 Å². The van der Waals surface area contributed by atoms with Gasteiger partial charge in [0.15, 0.2) is 6.29 Å². The number of amides is 1. The standard InChI is InChI=1S/C54H97NO8/c1-3-5-7-9-11-12-13-14-15-16-17-18-19-20-21-22-23-24-25-26-27-28-29-30-31-32-33-34-35-36-38-40-42-44-50(58)55-47(48(57)43-41-39-37-10-8-6-4-2)46-62-54-53(61)52(60)51(59)49(45-56)63-54/h8,10,13-14,16-17,19-20,41,43,47-49,51-54,56-57,59-61H,3-7,9,11-12,15,18,21-40,42,44-46H2,1-2H3,(H,55,58)/b10-8+,14-13-,17-16-,20-19-,43-41+. The molecule has 7 atom stereocenters. The third kappa shape index (κ3) is 33.9. The number of rotatable bonds is 43. The summed E-state index contributed by atoms with van der Waals surface area (Å²) < 4.78 is 11.1. The number of ether oxygens (including phenoxy) is 2. The fourth-order valence-corrected chi connectivity index (χ4v) is 7.89. The molecule has 1 heterocycles. The van der Waals surface area contributed by atoms with Crippen molar-refractivity contribution in [2.24, 2.45) is 0 Å². The van der Waals surface area contributed by atoms with Crippen LogP contribution in [0.2, 0.25) is 0 Å². The van der Waals surface area contributed by atoms with Crippen LogP contribution in [0.15, 0.2) is 60.8 Å². The van der Waals surface area contributed by atoms with Gasteiger partial charge in [0.05, 0.1) is 25.4 Å². The van der Waals surface area contributed by atoms with Crippen LogP contribution in [0, 0.1) is 0 Å². The monoisotopic (exact) mass is 888 g/mol. The molecule has 0 bridgehead atoms. The summed E-state index contributed by atoms with van der Waals surface area (Å²) in [5.74, 6) is -0.192. The Balaban J connectivity index is 2.06. The summed E-state index contributed by atoms with van der Waals surface area (Å²) in [6.07, 6.45) is 51.9. The molecule has 0 aromatic carbocycles. The molecule has 0 spiro atoms. The van der Waals surface area contributed by atoms with Crippen molar-refractivity contribution in [2.45, 2.75) is 262 Å². The molecule has 1 saturated heterocycles. The maximum atomic E-state index is 12.9. The first-order chi connectivity index (χ1) is 30.8. The van der Waals surface area contributed by atoms with Crippen LogP contribution in [0.5, 0.6) is 0 Å². The zero-order valence-electron chi connectivity index (χ0n) is 40.3. The zero-order chi connectivity index (χ0) is 45.9. The third-order valence-corrected chi connectivity index (χ3v) is 12.0. The number of carbonyl (C=O) groups excluding carboxylic acids is 1. The topological polar surface area (TPSA) is 149 Å². The Hall–Kier alpha value is -2.11. The summed E-state index contributed by atoms with van der Waals surface area (Å²) in [6.45, 7) is 3.63. The third-order valence-electron chi connectivity index (χ3n) is 12.0. The molecule has 9 nitrogen and oxygen atoms in total. The molecule has 1 aliphatic rings. The first-order valence-corrected chi connectivity index (χ1v) is 26.0. The minimum Gasteiger partial charge on any atom is -0.394 e. The van der Waals surface area contributed by atoms with Gasteiger partial charge in [-0.3, -0.25) is 4.79 Å². The maximum absolute atomic E-state index is 12.9. The minimum atomic E-state index is -1.57. The highest BCUT2D eigenvalue weighted by molar-refractivity contribution is 5.76. The summed E-state index contributed by atoms with van der Waals surface area (Å²) in [5, 5.41) is 53.9. The molecule has 7 unspecified atom stereocenters. The summed E-state index contributed by atoms with van der Waals surface area (Å²) in [7, 11) is 0. The summed E-state index contributed by atoms with van der Waals surface area (Å²) in [5.41, 5.74) is 0. The lowest BCUT2D eigenvalue weighted by Gasteiger charge is -2.40. The first kappa shape index (κ1) is 58.9. The lowest BCUT2D eigenvalue weighted by atomic mass is 9.99. The van der Waals surface area contributed by atoms with E-state index in [0.29, 0.717) is 6.42 Å². The van der Waals surface area contributed by atoms with E-state index in [1.54, 1.807) is 6.08 Å². The van der Waals surface area contributed by atoms with Crippen molar-refractivity contribution in [3.05, 3.63) is 60.8 Å². The van der Waals surface area contributed by atoms with Crippen LogP contribution in [0.1, 0.15) is 219 Å². The van der Waals surface area contributed by atoms with E-state index in [4.69, 9.17) is 9.47 Å². The molecule has 9 heteroatoms. The van der Waals surface area contributed by atoms with Crippen LogP contribution in [0.25, 0.3) is 0 Å². The van der Waals surface area contributed by atoms with Gasteiger partial charge in [0, 0.05) is 6.42 Å². The molecule has 0 saturated carbocycles. The van der Waals surface area contributed by atoms with Crippen LogP contribution in [0.4, 0.5) is 0 Å². The van der Waals surface area contributed by atoms with Crippen LogP contribution in [0.3, 0.4) is 0 Å². The number of carbonyl (C=O) groups is 1. The van der Waals surface area contributed by atoms with E-state index in [0.717, 1.165) is 57.8 Å². The lowest BCUT2D eigenvalue weighted by Crippen LogP contribution is -2.60. The predicted octanol–water partition coefficient (Wildman–Crippen LogP) is 12.0. The maximum Gasteiger partial charge on any atom is 0.220 e. The second-order valence-corrected chi connectivity index (χ2v) is 18.0. The van der Waals surface area contributed by atoms with Crippen molar-refractivity contribution in [1.82, 2.24) is 5.32 Å². The average Bonchev–Trinajstić information content (AvgIpc) is 3.28. The summed E-state index contributed by atoms with van der Waals surface area (Å²) in [6, 6.07) is -0.819. The van der Waals surface area contributed by atoms with Gasteiger partial charge in [-0.05, 0) is 64.2 Å². The van der Waals surface area contributed by atoms with Crippen molar-refractivity contribution in [1.29, 1.82) is 0 Å². The molecule has 1 fully saturated rings. The molecule has 1 aliphatic heterocycles. The molecule has 366 valence electrons. The van der Waals surface area contributed by atoms with E-state index in [1.165, 1.54) is 141 Å². The van der Waals surface area contributed by atoms with E-state index in [-0.39, 0.29) is 12.5 Å². The normalized spacial score (nSPS) is 20.7. The molecular weight excluding hydrogens is 791 g/mol. The highest BCUT2D eigenvalue weighted by Gasteiger charge is 2.44. The molecular formula is C54H97NO8. The molecule has 0 aromatic heterocycles. The van der Waals surface area contributed by atoms with Crippen molar-refractivity contribution in [3.63, 3.8) is 0 Å². The summed E-state index contributed by atoms with van der Waals surface area (Å²) >= 11 is 0. The van der Waals surface area contributed by atoms with Crippen molar-refractivity contribution in [3.8, 4) is 0 Å². The van der Waals surface area contributed by atoms with Gasteiger partial charge in [-0.1, -0.05) is 209 Å². The predicted molar refractivity (Wildman–Crippen MR) is 262 cm³/mol. The van der Waals surface area contributed by atoms with Gasteiger partial charge in [0.2, 0.25) is 5.91 Å². The Bertz CT molecular complexity index is 1170. The van der Waals surface area contributed by atoms with Gasteiger partial charge in [-0.15, -0.1) is 0 Å². The molecule has 1 amide bonds. The minimum absolute atomic E-state index is 0.192. The molecule has 0 aliphatic carbocycles. The Labute approximate surface area is 386 Å². The number of aliphatic hydroxyl groups is 5. The lowest BCUT2D eigenvalue weighted by molar-refractivity contribution is -0.302. The number of allylic oxidation sites excluding steroid dienone is 9. The van der Waals surface area contributed by atoms with Crippen LogP contribution >= 0.6 is 0 Å². The van der Waals surface area contributed by atoms with Gasteiger partial charge >= 0.3 is 0 Å². The van der Waals surface area contributed by atoms with Gasteiger partial charge < -0.3 is 40.3 Å². The van der Waals surface area contributed by atoms with Gasteiger partial charge in [0.1, 0.15) is 24.4 Å². The van der Waals surface area contributed by atoms with Crippen molar-refractivity contribution < 1.29 is 39.8 Å². The van der Waals surface area contributed by atoms with E-state index in [1.807, 2.05) is 6.08 Å². The number of aliphatic hydroxyl groups excluding tert-OH is 5. The van der Waals surface area contributed by atoms with Crippen LogP contribution in [-0.2, 0) is 14.3 Å². The zero-order valence-corrected chi connectivity index (χ0v) is 40.3. The Morgan fingerprint density at radius 2 is 0.984 bits per heavy atom. The number of nitrogens with one attached hydrogen (secondary N) is 1. The highest BCUT2D eigenvalue weighted by atomic mass is 16.7. The highest BCUT2D eigenvalue weighted by Crippen LogP contribution is 2.23. The average molecular weight is 888 g/mol. The van der Waals surface area contributed by atoms with Gasteiger partial charge in [-0.25, -0.2) is 0 Å². The molecule has 0 radical (unpaired) electrons. The Morgan fingerprint density at radius 3 is 1.49 bits per heavy atom. The van der Waals surface area contributed by atoms with E-state index in [2.05, 4.69) is 67.8 Å². The molecule has 6 N–H and O–H groups in total. The van der Waals surface area contributed by atoms with Crippen molar-refractivity contribution >= 4 is 5.91 Å². The van der Waals surface area contributed by atoms with Crippen LogP contribution in [-0.4, -0.2) is 87.5 Å². The Morgan fingerprint density at radius 1 is 0.540 bits per heavy atom. The summed E-state index contributed by atoms with van der Waals surface area (Å²) in [4.78, 5) is 12.9. The quantitative estimate of drug-likeness (QED) is 0.0262. The molecule has 0 aromatic rings. The number of unbranched alkanes of at least 4 members (excludes halogenated alkanes) is 25. The van der Waals surface area contributed by atoms with E-state index in [9.17, 15) is 30.3 Å². The Kier molecular flexibility index (Phi) is 40.9. The van der Waals surface area contributed by atoms with Gasteiger partial charge in [0.25, 0.3) is 0 Å². The largest absolute Gasteiger partial charge is 0.394 e. The molecule has 1 rings (SSSR count). The number of hydrogen-bond acceptors (Lipinski definition) is 8. The molecule has 63 heavy (non-hydrogen) atoms. The SMILES string of the molecule is CCC/C=C/CC/C=C/C(O)C(COC1OC(CO)C(O)C(O)C1O)NC(=O)CCCCCCCCCCCCCCCCCCCC/C=C\C/C=C\C/C=C\CCCCCCC. The van der Waals surface area contributed by atoms with Crippen LogP contribution < -0.4 is 5.32 Å². The van der Waals surface area contributed by atoms with E-state index >= 15 is 0 Å². The fourth-order valence-electron chi connectivity index (χ4n) is 7.89. The van der Waals surface area contributed by atoms with E-state index < -0.39 is 49.5 Å². The van der Waals surface area contributed by atoms with Gasteiger partial charge in [-0.2, -0.15) is 0 Å². The smallest absolute Gasteiger partial charge is 0.220 e. The second kappa shape index (κ2) is 43.8. The second-order valence-electron chi connectivity index (χ2n) is 18.0. The first-order valence-electron chi connectivity index (χ1n) is 26.0.